The smallest absolute Gasteiger partial charge is 0.245 e. The van der Waals surface area contributed by atoms with Gasteiger partial charge in [-0.1, -0.05) is 0 Å². The van der Waals surface area contributed by atoms with Crippen molar-refractivity contribution in [2.24, 2.45) is 0 Å². The Balaban J connectivity index is 2.44. The summed E-state index contributed by atoms with van der Waals surface area (Å²) in [4.78, 5) is -0.187. The van der Waals surface area contributed by atoms with Crippen LogP contribution < -0.4 is 5.73 Å². The molecule has 1 aromatic carbocycles. The number of nitrogens with zero attached hydrogens (tertiary/aromatic N) is 1. The molecule has 5 nitrogen and oxygen atoms in total. The fourth-order valence-corrected chi connectivity index (χ4v) is 3.89. The molecule has 0 aliphatic carbocycles. The Morgan fingerprint density at radius 1 is 1.42 bits per heavy atom. The minimum atomic E-state index is -3.81. The molecule has 0 bridgehead atoms. The highest BCUT2D eigenvalue weighted by atomic mass is 32.2. The molecule has 7 heteroatoms. The number of rotatable bonds is 2. The molecule has 0 aromatic heterocycles. The van der Waals surface area contributed by atoms with Crippen molar-refractivity contribution in [2.45, 2.75) is 30.9 Å². The molecule has 1 aromatic rings. The summed E-state index contributed by atoms with van der Waals surface area (Å²) in [6.07, 6.45) is -0.194. The van der Waals surface area contributed by atoms with Gasteiger partial charge < -0.3 is 10.5 Å². The summed E-state index contributed by atoms with van der Waals surface area (Å²) in [5.41, 5.74) is 5.71. The van der Waals surface area contributed by atoms with Crippen LogP contribution in [0.3, 0.4) is 0 Å². The van der Waals surface area contributed by atoms with Crippen LogP contribution in [0.25, 0.3) is 0 Å². The van der Waals surface area contributed by atoms with E-state index >= 15 is 0 Å². The van der Waals surface area contributed by atoms with Gasteiger partial charge in [-0.2, -0.15) is 4.31 Å². The first-order valence-corrected chi connectivity index (χ1v) is 7.45. The lowest BCUT2D eigenvalue weighted by molar-refractivity contribution is -0.0170. The summed E-state index contributed by atoms with van der Waals surface area (Å²) < 4.78 is 45.0. The fraction of sp³-hybridized carbons (Fsp3) is 0.500. The highest BCUT2D eigenvalue weighted by molar-refractivity contribution is 7.89. The highest BCUT2D eigenvalue weighted by Gasteiger charge is 2.35. The molecular weight excluding hydrogens is 271 g/mol. The van der Waals surface area contributed by atoms with E-state index in [1.54, 1.807) is 13.8 Å². The van der Waals surface area contributed by atoms with Gasteiger partial charge in [0.1, 0.15) is 10.7 Å². The third kappa shape index (κ3) is 2.72. The maximum absolute atomic E-state index is 13.3. The molecule has 0 spiro atoms. The van der Waals surface area contributed by atoms with E-state index in [0.717, 1.165) is 12.1 Å². The third-order valence-electron chi connectivity index (χ3n) is 3.11. The van der Waals surface area contributed by atoms with Crippen molar-refractivity contribution in [3.05, 3.63) is 24.0 Å². The Kier molecular flexibility index (Phi) is 3.80. The molecule has 1 fully saturated rings. The normalized spacial score (nSPS) is 25.4. The second-order valence-electron chi connectivity index (χ2n) is 4.75. The monoisotopic (exact) mass is 288 g/mol. The molecule has 1 heterocycles. The second-order valence-corrected chi connectivity index (χ2v) is 6.61. The molecule has 2 N–H and O–H groups in total. The minimum absolute atomic E-state index is 0.0488. The lowest BCUT2D eigenvalue weighted by Gasteiger charge is -2.35. The maximum atomic E-state index is 13.3. The number of nitrogens with two attached hydrogens (primary N) is 1. The van der Waals surface area contributed by atoms with E-state index in [0.29, 0.717) is 6.61 Å². The van der Waals surface area contributed by atoms with E-state index < -0.39 is 15.8 Å². The molecule has 0 saturated carbocycles. The Bertz CT molecular complexity index is 576. The Hall–Kier alpha value is -1.18. The molecule has 2 atom stereocenters. The van der Waals surface area contributed by atoms with Gasteiger partial charge in [-0.3, -0.25) is 0 Å². The Labute approximate surface area is 112 Å². The van der Waals surface area contributed by atoms with E-state index in [-0.39, 0.29) is 29.3 Å². The average molecular weight is 288 g/mol. The summed E-state index contributed by atoms with van der Waals surface area (Å²) in [6.45, 7) is 4.09. The minimum Gasteiger partial charge on any atom is -0.398 e. The SMILES string of the molecule is CC1CN(S(=O)(=O)c2cc(F)ccc2N)C(C)CO1. The van der Waals surface area contributed by atoms with E-state index in [9.17, 15) is 12.8 Å². The van der Waals surface area contributed by atoms with Crippen LogP contribution in [0.4, 0.5) is 10.1 Å². The summed E-state index contributed by atoms with van der Waals surface area (Å²) in [5, 5.41) is 0. The van der Waals surface area contributed by atoms with Crippen LogP contribution in [-0.2, 0) is 14.8 Å². The number of ether oxygens (including phenoxy) is 1. The Morgan fingerprint density at radius 3 is 2.79 bits per heavy atom. The first kappa shape index (κ1) is 14.2. The van der Waals surface area contributed by atoms with Gasteiger partial charge in [0.15, 0.2) is 0 Å². The lowest BCUT2D eigenvalue weighted by atomic mass is 10.2. The van der Waals surface area contributed by atoms with E-state index in [4.69, 9.17) is 10.5 Å². The molecule has 2 unspecified atom stereocenters. The van der Waals surface area contributed by atoms with Gasteiger partial charge in [0.05, 0.1) is 18.4 Å². The third-order valence-corrected chi connectivity index (χ3v) is 5.15. The molecule has 106 valence electrons. The van der Waals surface area contributed by atoms with Crippen molar-refractivity contribution >= 4 is 15.7 Å². The van der Waals surface area contributed by atoms with Gasteiger partial charge in [0.2, 0.25) is 10.0 Å². The summed E-state index contributed by atoms with van der Waals surface area (Å²) in [7, 11) is -3.81. The summed E-state index contributed by atoms with van der Waals surface area (Å²) in [5.74, 6) is -0.623. The van der Waals surface area contributed by atoms with E-state index in [1.165, 1.54) is 10.4 Å². The topological polar surface area (TPSA) is 72.6 Å². The van der Waals surface area contributed by atoms with Crippen molar-refractivity contribution in [3.63, 3.8) is 0 Å². The predicted octanol–water partition coefficient (Wildman–Crippen LogP) is 1.21. The van der Waals surface area contributed by atoms with Crippen molar-refractivity contribution in [3.8, 4) is 0 Å². The number of hydrogen-bond donors (Lipinski definition) is 1. The average Bonchev–Trinajstić information content (AvgIpc) is 2.35. The number of halogens is 1. The van der Waals surface area contributed by atoms with Crippen LogP contribution in [-0.4, -0.2) is 38.0 Å². The van der Waals surface area contributed by atoms with Gasteiger partial charge in [0, 0.05) is 12.6 Å². The molecular formula is C12H17FN2O3S. The first-order valence-electron chi connectivity index (χ1n) is 6.01. The van der Waals surface area contributed by atoms with Crippen molar-refractivity contribution in [2.75, 3.05) is 18.9 Å². The number of morpholine rings is 1. The Morgan fingerprint density at radius 2 is 2.11 bits per heavy atom. The number of sulfonamides is 1. The number of nitrogen functional groups attached to an aromatic ring is 1. The first-order chi connectivity index (χ1) is 8.82. The molecule has 0 radical (unpaired) electrons. The van der Waals surface area contributed by atoms with Gasteiger partial charge in [-0.05, 0) is 32.0 Å². The van der Waals surface area contributed by atoms with Crippen molar-refractivity contribution < 1.29 is 17.5 Å². The maximum Gasteiger partial charge on any atom is 0.245 e. The standard InChI is InChI=1S/C12H17FN2O3S/c1-8-7-18-9(2)6-15(8)19(16,17)12-5-10(13)3-4-11(12)14/h3-5,8-9H,6-7,14H2,1-2H3. The van der Waals surface area contributed by atoms with E-state index in [2.05, 4.69) is 0 Å². The van der Waals surface area contributed by atoms with Gasteiger partial charge in [0.25, 0.3) is 0 Å². The zero-order chi connectivity index (χ0) is 14.2. The quantitative estimate of drug-likeness (QED) is 0.830. The predicted molar refractivity (Wildman–Crippen MR) is 69.6 cm³/mol. The largest absolute Gasteiger partial charge is 0.398 e. The molecule has 1 aliphatic rings. The van der Waals surface area contributed by atoms with Crippen molar-refractivity contribution in [1.82, 2.24) is 4.31 Å². The van der Waals surface area contributed by atoms with Crippen LogP contribution in [0, 0.1) is 5.82 Å². The van der Waals surface area contributed by atoms with Crippen LogP contribution >= 0.6 is 0 Å². The van der Waals surface area contributed by atoms with Gasteiger partial charge in [-0.15, -0.1) is 0 Å². The van der Waals surface area contributed by atoms with Crippen LogP contribution in [0.15, 0.2) is 23.1 Å². The fourth-order valence-electron chi connectivity index (χ4n) is 2.07. The van der Waals surface area contributed by atoms with Crippen LogP contribution in [0.5, 0.6) is 0 Å². The zero-order valence-corrected chi connectivity index (χ0v) is 11.7. The summed E-state index contributed by atoms with van der Waals surface area (Å²) in [6, 6.07) is 3.05. The second kappa shape index (κ2) is 5.07. The van der Waals surface area contributed by atoms with Crippen LogP contribution in [0.1, 0.15) is 13.8 Å². The number of hydrogen-bond acceptors (Lipinski definition) is 4. The highest BCUT2D eigenvalue weighted by Crippen LogP contribution is 2.27. The number of benzene rings is 1. The number of anilines is 1. The zero-order valence-electron chi connectivity index (χ0n) is 10.8. The molecule has 0 amide bonds. The summed E-state index contributed by atoms with van der Waals surface area (Å²) >= 11 is 0. The molecule has 1 saturated heterocycles. The molecule has 2 rings (SSSR count). The van der Waals surface area contributed by atoms with Crippen molar-refractivity contribution in [1.29, 1.82) is 0 Å². The van der Waals surface area contributed by atoms with Gasteiger partial charge >= 0.3 is 0 Å². The lowest BCUT2D eigenvalue weighted by Crippen LogP contribution is -2.50. The molecule has 19 heavy (non-hydrogen) atoms. The van der Waals surface area contributed by atoms with Crippen LogP contribution in [0.2, 0.25) is 0 Å². The van der Waals surface area contributed by atoms with E-state index in [1.807, 2.05) is 0 Å². The molecule has 1 aliphatic heterocycles. The van der Waals surface area contributed by atoms with Gasteiger partial charge in [-0.25, -0.2) is 12.8 Å².